The van der Waals surface area contributed by atoms with Gasteiger partial charge in [0.15, 0.2) is 0 Å². The van der Waals surface area contributed by atoms with Gasteiger partial charge in [-0.2, -0.15) is 0 Å². The molecule has 0 saturated carbocycles. The summed E-state index contributed by atoms with van der Waals surface area (Å²) in [5, 5.41) is 0. The Kier molecular flexibility index (Phi) is 7.12. The number of halogens is 2. The fourth-order valence-electron chi connectivity index (χ4n) is 1.61. The fourth-order valence-corrected chi connectivity index (χ4v) is 2.09. The average molecular weight is 269 g/mol. The Morgan fingerprint density at radius 1 is 1.19 bits per heavy atom. The van der Waals surface area contributed by atoms with Gasteiger partial charge in [0.05, 0.1) is 19.8 Å². The maximum atomic E-state index is 11.9. The predicted molar refractivity (Wildman–Crippen MR) is 65.3 cm³/mol. The molecule has 0 bridgehead atoms. The molecule has 1 aliphatic rings. The zero-order valence-corrected chi connectivity index (χ0v) is 10.8. The molecule has 0 spiro atoms. The van der Waals surface area contributed by atoms with Gasteiger partial charge in [0.1, 0.15) is 0 Å². The van der Waals surface area contributed by atoms with Crippen LogP contribution in [0.4, 0.5) is 0 Å². The van der Waals surface area contributed by atoms with E-state index in [4.69, 9.17) is 27.9 Å². The molecule has 1 amide bonds. The van der Waals surface area contributed by atoms with E-state index in [2.05, 4.69) is 0 Å². The lowest BCUT2D eigenvalue weighted by molar-refractivity contribution is -0.136. The Bertz CT molecular complexity index is 205. The molecule has 1 saturated heterocycles. The predicted octanol–water partition coefficient (Wildman–Crippen LogP) is 0.625. The van der Waals surface area contributed by atoms with Gasteiger partial charge in [0, 0.05) is 37.9 Å². The Balaban J connectivity index is 2.33. The summed E-state index contributed by atoms with van der Waals surface area (Å²) in [7, 11) is 0. The lowest BCUT2D eigenvalue weighted by atomic mass is 10.3. The Morgan fingerprint density at radius 3 is 2.25 bits per heavy atom. The second-order valence-electron chi connectivity index (χ2n) is 3.65. The Labute approximate surface area is 106 Å². The van der Waals surface area contributed by atoms with E-state index < -0.39 is 0 Å². The van der Waals surface area contributed by atoms with Gasteiger partial charge < -0.3 is 9.64 Å². The summed E-state index contributed by atoms with van der Waals surface area (Å²) in [6, 6.07) is 0. The lowest BCUT2D eigenvalue weighted by Gasteiger charge is -2.29. The quantitative estimate of drug-likeness (QED) is 0.663. The van der Waals surface area contributed by atoms with Crippen LogP contribution in [0.15, 0.2) is 0 Å². The van der Waals surface area contributed by atoms with Gasteiger partial charge in [-0.3, -0.25) is 9.69 Å². The monoisotopic (exact) mass is 268 g/mol. The standard InChI is InChI=1S/C10H18Cl2N2O2/c11-1-3-13(4-2-12)9-10(15)14-5-7-16-8-6-14/h1-9H2. The van der Waals surface area contributed by atoms with Gasteiger partial charge in [0.25, 0.3) is 0 Å². The topological polar surface area (TPSA) is 32.8 Å². The molecule has 0 N–H and O–H groups in total. The van der Waals surface area contributed by atoms with Gasteiger partial charge in [-0.05, 0) is 0 Å². The highest BCUT2D eigenvalue weighted by atomic mass is 35.5. The molecule has 0 unspecified atom stereocenters. The first kappa shape index (κ1) is 14.0. The zero-order valence-electron chi connectivity index (χ0n) is 9.33. The summed E-state index contributed by atoms with van der Waals surface area (Å²) < 4.78 is 5.20. The molecule has 0 aromatic heterocycles. The Morgan fingerprint density at radius 2 is 1.75 bits per heavy atom. The molecule has 0 atom stereocenters. The van der Waals surface area contributed by atoms with Gasteiger partial charge in [-0.1, -0.05) is 0 Å². The molecule has 6 heteroatoms. The first-order valence-electron chi connectivity index (χ1n) is 5.47. The molecule has 1 rings (SSSR count). The summed E-state index contributed by atoms with van der Waals surface area (Å²) >= 11 is 11.3. The van der Waals surface area contributed by atoms with Gasteiger partial charge in [-0.15, -0.1) is 23.2 Å². The van der Waals surface area contributed by atoms with Gasteiger partial charge in [-0.25, -0.2) is 0 Å². The molecule has 16 heavy (non-hydrogen) atoms. The SMILES string of the molecule is O=C(CN(CCCl)CCCl)N1CCOCC1. The molecule has 1 aliphatic heterocycles. The van der Waals surface area contributed by atoms with Crippen LogP contribution in [-0.2, 0) is 9.53 Å². The van der Waals surface area contributed by atoms with E-state index in [-0.39, 0.29) is 5.91 Å². The van der Waals surface area contributed by atoms with E-state index in [1.807, 2.05) is 9.80 Å². The Hall–Kier alpha value is -0.0300. The molecular formula is C10H18Cl2N2O2. The molecule has 0 aromatic rings. The summed E-state index contributed by atoms with van der Waals surface area (Å²) in [5.41, 5.74) is 0. The van der Waals surface area contributed by atoms with E-state index >= 15 is 0 Å². The molecule has 4 nitrogen and oxygen atoms in total. The molecule has 0 aliphatic carbocycles. The minimum atomic E-state index is 0.138. The normalized spacial score (nSPS) is 16.8. The minimum absolute atomic E-state index is 0.138. The van der Waals surface area contributed by atoms with Crippen LogP contribution in [0.5, 0.6) is 0 Å². The van der Waals surface area contributed by atoms with Crippen LogP contribution in [0.1, 0.15) is 0 Å². The van der Waals surface area contributed by atoms with Crippen LogP contribution in [0.3, 0.4) is 0 Å². The highest BCUT2D eigenvalue weighted by molar-refractivity contribution is 6.18. The van der Waals surface area contributed by atoms with Gasteiger partial charge in [0.2, 0.25) is 5.91 Å². The van der Waals surface area contributed by atoms with E-state index in [1.54, 1.807) is 0 Å². The summed E-state index contributed by atoms with van der Waals surface area (Å²) in [5.74, 6) is 1.18. The largest absolute Gasteiger partial charge is 0.378 e. The number of alkyl halides is 2. The highest BCUT2D eigenvalue weighted by Gasteiger charge is 2.18. The minimum Gasteiger partial charge on any atom is -0.378 e. The van der Waals surface area contributed by atoms with Crippen molar-refractivity contribution >= 4 is 29.1 Å². The maximum absolute atomic E-state index is 11.9. The number of hydrogen-bond acceptors (Lipinski definition) is 3. The molecule has 0 radical (unpaired) electrons. The van der Waals surface area contributed by atoms with Crippen molar-refractivity contribution in [3.05, 3.63) is 0 Å². The van der Waals surface area contributed by atoms with E-state index in [0.717, 1.165) is 0 Å². The fraction of sp³-hybridized carbons (Fsp3) is 0.900. The van der Waals surface area contributed by atoms with E-state index in [1.165, 1.54) is 0 Å². The molecule has 94 valence electrons. The van der Waals surface area contributed by atoms with Crippen LogP contribution in [0, 0.1) is 0 Å². The third kappa shape index (κ3) is 4.87. The van der Waals surface area contributed by atoms with Crippen LogP contribution in [0.2, 0.25) is 0 Å². The smallest absolute Gasteiger partial charge is 0.236 e. The summed E-state index contributed by atoms with van der Waals surface area (Å²) in [4.78, 5) is 15.7. The van der Waals surface area contributed by atoms with E-state index in [9.17, 15) is 4.79 Å². The van der Waals surface area contributed by atoms with Crippen molar-refractivity contribution in [2.24, 2.45) is 0 Å². The number of hydrogen-bond donors (Lipinski definition) is 0. The van der Waals surface area contributed by atoms with Crippen molar-refractivity contribution in [3.8, 4) is 0 Å². The third-order valence-corrected chi connectivity index (χ3v) is 2.86. The van der Waals surface area contributed by atoms with Crippen molar-refractivity contribution in [2.75, 3.05) is 57.7 Å². The van der Waals surface area contributed by atoms with Crippen LogP contribution in [-0.4, -0.2) is 73.4 Å². The number of ether oxygens (including phenoxy) is 1. The average Bonchev–Trinajstić information content (AvgIpc) is 2.31. The van der Waals surface area contributed by atoms with Crippen molar-refractivity contribution in [3.63, 3.8) is 0 Å². The summed E-state index contributed by atoms with van der Waals surface area (Å²) in [6.07, 6.45) is 0. The molecule has 1 fully saturated rings. The first-order valence-corrected chi connectivity index (χ1v) is 6.54. The van der Waals surface area contributed by atoms with Crippen molar-refractivity contribution in [1.29, 1.82) is 0 Å². The van der Waals surface area contributed by atoms with Crippen LogP contribution >= 0.6 is 23.2 Å². The van der Waals surface area contributed by atoms with Crippen molar-refractivity contribution in [2.45, 2.75) is 0 Å². The van der Waals surface area contributed by atoms with E-state index in [0.29, 0.717) is 57.7 Å². The number of rotatable bonds is 6. The summed E-state index contributed by atoms with van der Waals surface area (Å²) in [6.45, 7) is 4.45. The second kappa shape index (κ2) is 8.12. The van der Waals surface area contributed by atoms with Crippen molar-refractivity contribution in [1.82, 2.24) is 9.80 Å². The second-order valence-corrected chi connectivity index (χ2v) is 4.40. The maximum Gasteiger partial charge on any atom is 0.236 e. The molecule has 1 heterocycles. The number of amides is 1. The molecule has 0 aromatic carbocycles. The number of nitrogens with zero attached hydrogens (tertiary/aromatic N) is 2. The van der Waals surface area contributed by atoms with Crippen molar-refractivity contribution < 1.29 is 9.53 Å². The number of morpholine rings is 1. The van der Waals surface area contributed by atoms with Gasteiger partial charge >= 0.3 is 0 Å². The highest BCUT2D eigenvalue weighted by Crippen LogP contribution is 2.00. The third-order valence-electron chi connectivity index (χ3n) is 2.52. The number of carbonyl (C=O) groups excluding carboxylic acids is 1. The van der Waals surface area contributed by atoms with Crippen LogP contribution < -0.4 is 0 Å². The molecular weight excluding hydrogens is 251 g/mol. The number of carbonyl (C=O) groups is 1. The van der Waals surface area contributed by atoms with Crippen LogP contribution in [0.25, 0.3) is 0 Å². The lowest BCUT2D eigenvalue weighted by Crippen LogP contribution is -2.46. The zero-order chi connectivity index (χ0) is 11.8. The first-order chi connectivity index (χ1) is 7.77.